The van der Waals surface area contributed by atoms with Crippen LogP contribution in [-0.2, 0) is 9.59 Å². The van der Waals surface area contributed by atoms with Gasteiger partial charge in [0.1, 0.15) is 18.8 Å². The fourth-order valence-corrected chi connectivity index (χ4v) is 3.10. The van der Waals surface area contributed by atoms with E-state index in [0.717, 1.165) is 10.5 Å². The SMILES string of the molecule is COc1cncc([C@@H](NC(=O)CN2CC(=O)NC2=O)C2CC(O)C2)c1. The van der Waals surface area contributed by atoms with Gasteiger partial charge in [0.2, 0.25) is 11.8 Å². The van der Waals surface area contributed by atoms with Crippen molar-refractivity contribution in [2.24, 2.45) is 5.92 Å². The van der Waals surface area contributed by atoms with Crippen LogP contribution in [0.25, 0.3) is 0 Å². The molecule has 1 atom stereocenters. The zero-order chi connectivity index (χ0) is 18.0. The standard InChI is InChI=1S/C16H20N4O5/c1-25-12-4-10(5-17-6-12)15(9-2-11(21)3-9)18-13(22)7-20-8-14(23)19-16(20)24/h4-6,9,11,15,21H,2-3,7-8H2,1H3,(H,18,22)(H,19,23,24)/t9?,11?,15-/m0/s1. The van der Waals surface area contributed by atoms with Crippen LogP contribution in [-0.4, -0.2) is 59.1 Å². The Morgan fingerprint density at radius 1 is 1.48 bits per heavy atom. The molecule has 2 fully saturated rings. The number of nitrogens with one attached hydrogen (secondary N) is 2. The molecule has 1 aliphatic heterocycles. The third-order valence-electron chi connectivity index (χ3n) is 4.47. The molecule has 0 radical (unpaired) electrons. The zero-order valence-electron chi connectivity index (χ0n) is 13.8. The van der Waals surface area contributed by atoms with Gasteiger partial charge in [0.15, 0.2) is 0 Å². The molecule has 1 saturated heterocycles. The van der Waals surface area contributed by atoms with Crippen LogP contribution in [0.1, 0.15) is 24.4 Å². The van der Waals surface area contributed by atoms with E-state index in [0.29, 0.717) is 18.6 Å². The predicted molar refractivity (Wildman–Crippen MR) is 85.5 cm³/mol. The minimum atomic E-state index is -0.571. The summed E-state index contributed by atoms with van der Waals surface area (Å²) in [4.78, 5) is 40.4. The number of aromatic nitrogens is 1. The fraction of sp³-hybridized carbons (Fsp3) is 0.500. The topological polar surface area (TPSA) is 121 Å². The van der Waals surface area contributed by atoms with Gasteiger partial charge in [-0.3, -0.25) is 19.9 Å². The van der Waals surface area contributed by atoms with Crippen molar-refractivity contribution >= 4 is 17.8 Å². The lowest BCUT2D eigenvalue weighted by Gasteiger charge is -2.38. The molecular weight excluding hydrogens is 328 g/mol. The Morgan fingerprint density at radius 2 is 2.24 bits per heavy atom. The number of hydrogen-bond acceptors (Lipinski definition) is 6. The molecule has 1 aliphatic carbocycles. The van der Waals surface area contributed by atoms with E-state index >= 15 is 0 Å². The summed E-state index contributed by atoms with van der Waals surface area (Å²) < 4.78 is 5.17. The lowest BCUT2D eigenvalue weighted by Crippen LogP contribution is -2.45. The van der Waals surface area contributed by atoms with Crippen LogP contribution in [0.4, 0.5) is 4.79 Å². The second-order valence-electron chi connectivity index (χ2n) is 6.30. The Kier molecular flexibility index (Phi) is 4.84. The molecule has 1 aromatic rings. The quantitative estimate of drug-likeness (QED) is 0.600. The predicted octanol–water partition coefficient (Wildman–Crippen LogP) is -0.430. The molecule has 1 aromatic heterocycles. The maximum absolute atomic E-state index is 12.4. The largest absolute Gasteiger partial charge is 0.495 e. The third kappa shape index (κ3) is 3.87. The van der Waals surface area contributed by atoms with Crippen LogP contribution < -0.4 is 15.4 Å². The number of rotatable bonds is 6. The van der Waals surface area contributed by atoms with Gasteiger partial charge in [0, 0.05) is 6.20 Å². The van der Waals surface area contributed by atoms with Crippen molar-refractivity contribution in [3.63, 3.8) is 0 Å². The van der Waals surface area contributed by atoms with E-state index in [4.69, 9.17) is 4.74 Å². The first-order valence-electron chi connectivity index (χ1n) is 8.01. The van der Waals surface area contributed by atoms with Crippen molar-refractivity contribution in [3.8, 4) is 5.75 Å². The molecule has 3 rings (SSSR count). The summed E-state index contributed by atoms with van der Waals surface area (Å²) in [5, 5.41) is 14.6. The average molecular weight is 348 g/mol. The van der Waals surface area contributed by atoms with Gasteiger partial charge in [0.05, 0.1) is 25.5 Å². The molecule has 0 unspecified atom stereocenters. The van der Waals surface area contributed by atoms with Crippen LogP contribution in [0.15, 0.2) is 18.5 Å². The molecule has 9 heteroatoms. The first-order chi connectivity index (χ1) is 12.0. The van der Waals surface area contributed by atoms with Crippen molar-refractivity contribution in [2.45, 2.75) is 25.0 Å². The number of urea groups is 1. The molecule has 3 N–H and O–H groups in total. The molecule has 4 amide bonds. The number of nitrogens with zero attached hydrogens (tertiary/aromatic N) is 2. The molecule has 0 spiro atoms. The van der Waals surface area contributed by atoms with E-state index in [1.807, 2.05) is 0 Å². The Balaban J connectivity index is 1.70. The van der Waals surface area contributed by atoms with Gasteiger partial charge in [0.25, 0.3) is 0 Å². The van der Waals surface area contributed by atoms with Crippen molar-refractivity contribution in [1.82, 2.24) is 20.5 Å². The van der Waals surface area contributed by atoms with Crippen molar-refractivity contribution < 1.29 is 24.2 Å². The Bertz CT molecular complexity index is 689. The number of imide groups is 1. The van der Waals surface area contributed by atoms with Gasteiger partial charge in [-0.25, -0.2) is 4.79 Å². The highest BCUT2D eigenvalue weighted by Gasteiger charge is 2.37. The van der Waals surface area contributed by atoms with E-state index in [2.05, 4.69) is 15.6 Å². The summed E-state index contributed by atoms with van der Waals surface area (Å²) in [5.74, 6) is -0.157. The van der Waals surface area contributed by atoms with Crippen molar-refractivity contribution in [3.05, 3.63) is 24.0 Å². The molecule has 9 nitrogen and oxygen atoms in total. The molecule has 0 bridgehead atoms. The molecule has 25 heavy (non-hydrogen) atoms. The first kappa shape index (κ1) is 17.2. The van der Waals surface area contributed by atoms with Crippen LogP contribution >= 0.6 is 0 Å². The monoisotopic (exact) mass is 348 g/mol. The molecular formula is C16H20N4O5. The highest BCUT2D eigenvalue weighted by atomic mass is 16.5. The summed E-state index contributed by atoms with van der Waals surface area (Å²) in [7, 11) is 1.53. The molecule has 2 heterocycles. The fourth-order valence-electron chi connectivity index (χ4n) is 3.10. The summed E-state index contributed by atoms with van der Waals surface area (Å²) in [6, 6.07) is 0.869. The lowest BCUT2D eigenvalue weighted by molar-refractivity contribution is -0.123. The van der Waals surface area contributed by atoms with Gasteiger partial charge in [-0.15, -0.1) is 0 Å². The van der Waals surface area contributed by atoms with Crippen molar-refractivity contribution in [2.75, 3.05) is 20.2 Å². The van der Waals surface area contributed by atoms with Gasteiger partial charge in [-0.05, 0) is 30.4 Å². The second kappa shape index (κ2) is 7.06. The highest BCUT2D eigenvalue weighted by Crippen LogP contribution is 2.38. The Hall–Kier alpha value is -2.68. The second-order valence-corrected chi connectivity index (χ2v) is 6.30. The van der Waals surface area contributed by atoms with Crippen LogP contribution in [0, 0.1) is 5.92 Å². The lowest BCUT2D eigenvalue weighted by atomic mass is 9.75. The molecule has 134 valence electrons. The van der Waals surface area contributed by atoms with Crippen LogP contribution in [0.5, 0.6) is 5.75 Å². The molecule has 0 aromatic carbocycles. The van der Waals surface area contributed by atoms with Crippen LogP contribution in [0.2, 0.25) is 0 Å². The van der Waals surface area contributed by atoms with E-state index in [-0.39, 0.29) is 37.1 Å². The van der Waals surface area contributed by atoms with E-state index in [1.54, 1.807) is 18.5 Å². The zero-order valence-corrected chi connectivity index (χ0v) is 13.8. The van der Waals surface area contributed by atoms with Crippen molar-refractivity contribution in [1.29, 1.82) is 0 Å². The van der Waals surface area contributed by atoms with Gasteiger partial charge < -0.3 is 20.1 Å². The van der Waals surface area contributed by atoms with E-state index in [9.17, 15) is 19.5 Å². The molecule has 2 aliphatic rings. The number of aliphatic hydroxyl groups is 1. The smallest absolute Gasteiger partial charge is 0.325 e. The highest BCUT2D eigenvalue weighted by molar-refractivity contribution is 6.03. The summed E-state index contributed by atoms with van der Waals surface area (Å²) in [6.07, 6.45) is 3.99. The minimum absolute atomic E-state index is 0.0712. The number of carbonyl (C=O) groups is 3. The van der Waals surface area contributed by atoms with E-state index < -0.39 is 11.9 Å². The first-order valence-corrected chi connectivity index (χ1v) is 8.01. The third-order valence-corrected chi connectivity index (χ3v) is 4.47. The Labute approximate surface area is 144 Å². The minimum Gasteiger partial charge on any atom is -0.495 e. The number of ether oxygens (including phenoxy) is 1. The van der Waals surface area contributed by atoms with Gasteiger partial charge in [-0.1, -0.05) is 0 Å². The van der Waals surface area contributed by atoms with Gasteiger partial charge >= 0.3 is 6.03 Å². The maximum atomic E-state index is 12.4. The number of hydrogen-bond donors (Lipinski definition) is 3. The average Bonchev–Trinajstić information content (AvgIpc) is 2.87. The number of pyridine rings is 1. The number of methoxy groups -OCH3 is 1. The number of amides is 4. The summed E-state index contributed by atoms with van der Waals surface area (Å²) in [5.41, 5.74) is 0.770. The molecule has 1 saturated carbocycles. The van der Waals surface area contributed by atoms with Crippen LogP contribution in [0.3, 0.4) is 0 Å². The number of aliphatic hydroxyl groups excluding tert-OH is 1. The summed E-state index contributed by atoms with van der Waals surface area (Å²) in [6.45, 7) is -0.333. The normalized spacial score (nSPS) is 23.7. The Morgan fingerprint density at radius 3 is 2.84 bits per heavy atom. The van der Waals surface area contributed by atoms with E-state index in [1.165, 1.54) is 7.11 Å². The number of carbonyl (C=O) groups excluding carboxylic acids is 3. The van der Waals surface area contributed by atoms with Gasteiger partial charge in [-0.2, -0.15) is 0 Å². The summed E-state index contributed by atoms with van der Waals surface area (Å²) >= 11 is 0. The maximum Gasteiger partial charge on any atom is 0.325 e.